The Bertz CT molecular complexity index is 767. The second kappa shape index (κ2) is 6.75. The molecule has 3 rings (SSSR count). The van der Waals surface area contributed by atoms with Crippen LogP contribution in [0.4, 0.5) is 10.1 Å². The summed E-state index contributed by atoms with van der Waals surface area (Å²) in [5, 5.41) is 3.58. The fourth-order valence-electron chi connectivity index (χ4n) is 3.57. The first-order valence-electron chi connectivity index (χ1n) is 8.51. The van der Waals surface area contributed by atoms with Crippen molar-refractivity contribution in [3.8, 4) is 0 Å². The normalized spacial score (nSPS) is 15.8. The molecule has 5 heteroatoms. The van der Waals surface area contributed by atoms with Gasteiger partial charge in [-0.2, -0.15) is 0 Å². The second-order valence-corrected chi connectivity index (χ2v) is 6.64. The number of carbonyl (C=O) groups is 1. The lowest BCUT2D eigenvalue weighted by molar-refractivity contribution is -0.121. The van der Waals surface area contributed by atoms with Crippen molar-refractivity contribution in [1.29, 1.82) is 0 Å². The van der Waals surface area contributed by atoms with Gasteiger partial charge in [-0.1, -0.05) is 0 Å². The Morgan fingerprint density at radius 3 is 2.71 bits per heavy atom. The number of benzene rings is 1. The molecule has 0 atom stereocenters. The van der Waals surface area contributed by atoms with Gasteiger partial charge in [0.1, 0.15) is 5.82 Å². The molecule has 24 heavy (non-hydrogen) atoms. The molecular formula is C19H24FN3O. The van der Waals surface area contributed by atoms with Crippen LogP contribution < -0.4 is 10.2 Å². The van der Waals surface area contributed by atoms with Crippen molar-refractivity contribution >= 4 is 22.5 Å². The Morgan fingerprint density at radius 1 is 1.33 bits per heavy atom. The van der Waals surface area contributed by atoms with Crippen LogP contribution in [-0.2, 0) is 4.79 Å². The van der Waals surface area contributed by atoms with Gasteiger partial charge in [0.15, 0.2) is 0 Å². The van der Waals surface area contributed by atoms with E-state index in [0.29, 0.717) is 12.3 Å². The Hall–Kier alpha value is -2.17. The van der Waals surface area contributed by atoms with Crippen molar-refractivity contribution in [3.05, 3.63) is 35.3 Å². The molecule has 2 heterocycles. The maximum Gasteiger partial charge on any atom is 0.220 e. The quantitative estimate of drug-likeness (QED) is 0.939. The number of hydrogen-bond donors (Lipinski definition) is 1. The third-order valence-electron chi connectivity index (χ3n) is 5.08. The maximum absolute atomic E-state index is 13.8. The van der Waals surface area contributed by atoms with Crippen LogP contribution in [0.2, 0.25) is 0 Å². The molecule has 1 saturated heterocycles. The van der Waals surface area contributed by atoms with Crippen LogP contribution in [0.15, 0.2) is 18.2 Å². The zero-order valence-corrected chi connectivity index (χ0v) is 14.5. The zero-order valence-electron chi connectivity index (χ0n) is 14.5. The van der Waals surface area contributed by atoms with Crippen molar-refractivity contribution in [3.63, 3.8) is 0 Å². The first-order valence-corrected chi connectivity index (χ1v) is 8.51. The summed E-state index contributed by atoms with van der Waals surface area (Å²) in [6.07, 6.45) is 2.55. The van der Waals surface area contributed by atoms with Crippen molar-refractivity contribution in [2.75, 3.05) is 25.0 Å². The van der Waals surface area contributed by atoms with E-state index in [0.717, 1.165) is 53.8 Å². The lowest BCUT2D eigenvalue weighted by atomic mass is 9.92. The van der Waals surface area contributed by atoms with Crippen LogP contribution in [0.5, 0.6) is 0 Å². The number of nitrogens with zero attached hydrogens (tertiary/aromatic N) is 2. The summed E-state index contributed by atoms with van der Waals surface area (Å²) >= 11 is 0. The minimum absolute atomic E-state index is 0.108. The summed E-state index contributed by atoms with van der Waals surface area (Å²) < 4.78 is 13.8. The number of rotatable bonds is 3. The van der Waals surface area contributed by atoms with Crippen LogP contribution in [-0.4, -0.2) is 31.0 Å². The van der Waals surface area contributed by atoms with E-state index < -0.39 is 0 Å². The van der Waals surface area contributed by atoms with E-state index in [9.17, 15) is 9.18 Å². The molecule has 0 spiro atoms. The molecule has 1 aliphatic rings. The zero-order chi connectivity index (χ0) is 17.3. The summed E-state index contributed by atoms with van der Waals surface area (Å²) in [6.45, 7) is 5.83. The van der Waals surface area contributed by atoms with Crippen molar-refractivity contribution in [2.24, 2.45) is 5.92 Å². The summed E-state index contributed by atoms with van der Waals surface area (Å²) in [4.78, 5) is 18.5. The summed E-state index contributed by atoms with van der Waals surface area (Å²) in [6, 6.07) is 4.79. The monoisotopic (exact) mass is 329 g/mol. The number of carbonyl (C=O) groups excluding carboxylic acids is 1. The highest BCUT2D eigenvalue weighted by molar-refractivity contribution is 5.94. The van der Waals surface area contributed by atoms with Gasteiger partial charge in [0.2, 0.25) is 5.91 Å². The van der Waals surface area contributed by atoms with Gasteiger partial charge in [-0.05, 0) is 56.4 Å². The third kappa shape index (κ3) is 3.21. The Kier molecular flexibility index (Phi) is 4.69. The number of aromatic nitrogens is 1. The van der Waals surface area contributed by atoms with Gasteiger partial charge in [0.05, 0.1) is 11.2 Å². The average molecular weight is 329 g/mol. The number of aryl methyl sites for hydroxylation is 1. The summed E-state index contributed by atoms with van der Waals surface area (Å²) in [7, 11) is 1.68. The number of nitrogens with one attached hydrogen (secondary N) is 1. The van der Waals surface area contributed by atoms with Crippen LogP contribution in [0, 0.1) is 25.6 Å². The molecule has 0 saturated carbocycles. The predicted octanol–water partition coefficient (Wildman–Crippen LogP) is 3.34. The lowest BCUT2D eigenvalue weighted by Gasteiger charge is -2.35. The largest absolute Gasteiger partial charge is 0.371 e. The highest BCUT2D eigenvalue weighted by Crippen LogP contribution is 2.34. The Labute approximate surface area is 142 Å². The SMILES string of the molecule is CNC(=O)CC1CCN(c2c(C)c(C)nc3ccc(F)cc23)CC1. The molecule has 4 nitrogen and oxygen atoms in total. The number of pyridine rings is 1. The van der Waals surface area contributed by atoms with Crippen molar-refractivity contribution < 1.29 is 9.18 Å². The molecule has 2 aromatic rings. The molecule has 1 aliphatic heterocycles. The number of halogens is 1. The van der Waals surface area contributed by atoms with E-state index in [-0.39, 0.29) is 11.7 Å². The highest BCUT2D eigenvalue weighted by Gasteiger charge is 2.24. The van der Waals surface area contributed by atoms with Crippen LogP contribution in [0.3, 0.4) is 0 Å². The minimum atomic E-state index is -0.233. The first kappa shape index (κ1) is 16.7. The first-order chi connectivity index (χ1) is 11.5. The smallest absolute Gasteiger partial charge is 0.220 e. The van der Waals surface area contributed by atoms with Gasteiger partial charge in [0, 0.05) is 37.6 Å². The minimum Gasteiger partial charge on any atom is -0.371 e. The molecule has 1 aromatic carbocycles. The van der Waals surface area contributed by atoms with Gasteiger partial charge >= 0.3 is 0 Å². The van der Waals surface area contributed by atoms with Crippen molar-refractivity contribution in [2.45, 2.75) is 33.1 Å². The maximum atomic E-state index is 13.8. The van der Waals surface area contributed by atoms with Gasteiger partial charge in [-0.3, -0.25) is 9.78 Å². The highest BCUT2D eigenvalue weighted by atomic mass is 19.1. The standard InChI is InChI=1S/C19H24FN3O/c1-12-13(2)22-17-5-4-15(20)11-16(17)19(12)23-8-6-14(7-9-23)10-18(24)21-3/h4-5,11,14H,6-10H2,1-3H3,(H,21,24). The molecular weight excluding hydrogens is 305 g/mol. The molecule has 0 unspecified atom stereocenters. The van der Waals surface area contributed by atoms with Gasteiger partial charge < -0.3 is 10.2 Å². The Balaban J connectivity index is 1.89. The molecule has 0 bridgehead atoms. The summed E-state index contributed by atoms with van der Waals surface area (Å²) in [5.41, 5.74) is 4.02. The van der Waals surface area contributed by atoms with Crippen LogP contribution in [0.25, 0.3) is 10.9 Å². The van der Waals surface area contributed by atoms with E-state index in [2.05, 4.69) is 22.1 Å². The number of anilines is 1. The second-order valence-electron chi connectivity index (χ2n) is 6.64. The van der Waals surface area contributed by atoms with Gasteiger partial charge in [0.25, 0.3) is 0 Å². The van der Waals surface area contributed by atoms with E-state index in [4.69, 9.17) is 0 Å². The average Bonchev–Trinajstić information content (AvgIpc) is 2.57. The van der Waals surface area contributed by atoms with Crippen LogP contribution >= 0.6 is 0 Å². The van der Waals surface area contributed by atoms with E-state index in [1.165, 1.54) is 6.07 Å². The summed E-state index contributed by atoms with van der Waals surface area (Å²) in [5.74, 6) is 0.299. The van der Waals surface area contributed by atoms with Crippen molar-refractivity contribution in [1.82, 2.24) is 10.3 Å². The fraction of sp³-hybridized carbons (Fsp3) is 0.474. The predicted molar refractivity (Wildman–Crippen MR) is 94.8 cm³/mol. The van der Waals surface area contributed by atoms with E-state index >= 15 is 0 Å². The van der Waals surface area contributed by atoms with Gasteiger partial charge in [-0.25, -0.2) is 4.39 Å². The topological polar surface area (TPSA) is 45.2 Å². The van der Waals surface area contributed by atoms with E-state index in [1.54, 1.807) is 19.2 Å². The molecule has 1 amide bonds. The number of amides is 1. The molecule has 1 N–H and O–H groups in total. The van der Waals surface area contributed by atoms with E-state index in [1.807, 2.05) is 6.92 Å². The molecule has 1 aromatic heterocycles. The molecule has 0 radical (unpaired) electrons. The number of piperidine rings is 1. The van der Waals surface area contributed by atoms with Crippen LogP contribution in [0.1, 0.15) is 30.5 Å². The molecule has 1 fully saturated rings. The number of fused-ring (bicyclic) bond motifs is 1. The lowest BCUT2D eigenvalue weighted by Crippen LogP contribution is -2.36. The molecule has 128 valence electrons. The molecule has 0 aliphatic carbocycles. The van der Waals surface area contributed by atoms with Gasteiger partial charge in [-0.15, -0.1) is 0 Å². The Morgan fingerprint density at radius 2 is 2.04 bits per heavy atom. The fourth-order valence-corrected chi connectivity index (χ4v) is 3.57. The number of hydrogen-bond acceptors (Lipinski definition) is 3. The third-order valence-corrected chi connectivity index (χ3v) is 5.08.